The molecule has 1 fully saturated rings. The summed E-state index contributed by atoms with van der Waals surface area (Å²) in [5.74, 6) is 1.27. The van der Waals surface area contributed by atoms with Crippen LogP contribution >= 0.6 is 0 Å². The minimum Gasteiger partial charge on any atom is -0.385 e. The molecule has 0 aromatic heterocycles. The number of ether oxygens (including phenoxy) is 1. The molecule has 0 saturated heterocycles. The van der Waals surface area contributed by atoms with Crippen molar-refractivity contribution < 1.29 is 9.53 Å². The molecule has 1 aliphatic carbocycles. The van der Waals surface area contributed by atoms with E-state index < -0.39 is 0 Å². The molecule has 0 aliphatic heterocycles. The molecule has 0 bridgehead atoms. The van der Waals surface area contributed by atoms with Crippen LogP contribution in [0.3, 0.4) is 0 Å². The van der Waals surface area contributed by atoms with Crippen molar-refractivity contribution in [2.45, 2.75) is 51.4 Å². The summed E-state index contributed by atoms with van der Waals surface area (Å²) in [7, 11) is 1.68. The van der Waals surface area contributed by atoms with Gasteiger partial charge in [-0.3, -0.25) is 4.79 Å². The Bertz CT molecular complexity index is 160. The van der Waals surface area contributed by atoms with Crippen LogP contribution in [0, 0.1) is 5.92 Å². The van der Waals surface area contributed by atoms with Crippen LogP contribution < -0.4 is 0 Å². The Morgan fingerprint density at radius 2 is 2.00 bits per heavy atom. The Hall–Kier alpha value is -0.370. The summed E-state index contributed by atoms with van der Waals surface area (Å²) in [5.41, 5.74) is 0. The summed E-state index contributed by atoms with van der Waals surface area (Å²) in [6.45, 7) is 0.717. The number of methoxy groups -OCH3 is 1. The van der Waals surface area contributed by atoms with Gasteiger partial charge in [-0.15, -0.1) is 0 Å². The molecule has 0 aromatic carbocycles. The maximum Gasteiger partial charge on any atom is 0.133 e. The smallest absolute Gasteiger partial charge is 0.133 e. The molecule has 1 aliphatic rings. The molecule has 1 rings (SSSR count). The molecule has 2 nitrogen and oxygen atoms in total. The van der Waals surface area contributed by atoms with Crippen LogP contribution in [0.2, 0.25) is 0 Å². The first-order valence-electron chi connectivity index (χ1n) is 5.83. The Labute approximate surface area is 87.0 Å². The van der Waals surface area contributed by atoms with Crippen molar-refractivity contribution in [1.29, 1.82) is 0 Å². The van der Waals surface area contributed by atoms with Gasteiger partial charge in [-0.25, -0.2) is 0 Å². The second-order valence-electron chi connectivity index (χ2n) is 4.32. The Morgan fingerprint density at radius 3 is 2.64 bits per heavy atom. The topological polar surface area (TPSA) is 26.3 Å². The van der Waals surface area contributed by atoms with Crippen LogP contribution in [0.5, 0.6) is 0 Å². The van der Waals surface area contributed by atoms with Crippen LogP contribution in [0.15, 0.2) is 0 Å². The van der Waals surface area contributed by atoms with Crippen LogP contribution in [0.4, 0.5) is 0 Å². The normalized spacial score (nSPS) is 17.5. The summed E-state index contributed by atoms with van der Waals surface area (Å²) >= 11 is 0. The lowest BCUT2D eigenvalue weighted by atomic mass is 9.99. The van der Waals surface area contributed by atoms with Gasteiger partial charge in [-0.05, 0) is 18.8 Å². The van der Waals surface area contributed by atoms with Crippen molar-refractivity contribution >= 4 is 5.78 Å². The van der Waals surface area contributed by atoms with Gasteiger partial charge in [0.15, 0.2) is 0 Å². The highest BCUT2D eigenvalue weighted by atomic mass is 16.5. The highest BCUT2D eigenvalue weighted by Crippen LogP contribution is 2.28. The van der Waals surface area contributed by atoms with E-state index in [1.54, 1.807) is 7.11 Å². The van der Waals surface area contributed by atoms with E-state index >= 15 is 0 Å². The molecule has 0 unspecified atom stereocenters. The molecule has 0 aromatic rings. The average molecular weight is 198 g/mol. The van der Waals surface area contributed by atoms with Gasteiger partial charge in [-0.1, -0.05) is 25.7 Å². The third kappa shape index (κ3) is 4.75. The fourth-order valence-corrected chi connectivity index (χ4v) is 2.20. The Morgan fingerprint density at radius 1 is 1.29 bits per heavy atom. The minimum atomic E-state index is 0.425. The Kier molecular flexibility index (Phi) is 5.85. The minimum absolute atomic E-state index is 0.425. The van der Waals surface area contributed by atoms with E-state index in [0.717, 1.165) is 31.8 Å². The first kappa shape index (κ1) is 11.7. The van der Waals surface area contributed by atoms with Crippen molar-refractivity contribution in [2.75, 3.05) is 13.7 Å². The number of ketones is 1. The second kappa shape index (κ2) is 6.99. The number of hydrogen-bond donors (Lipinski definition) is 0. The SMILES string of the molecule is COCCCC(=O)CCC1CCCC1. The highest BCUT2D eigenvalue weighted by Gasteiger charge is 2.15. The molecule has 1 saturated carbocycles. The summed E-state index contributed by atoms with van der Waals surface area (Å²) in [4.78, 5) is 11.4. The van der Waals surface area contributed by atoms with E-state index in [4.69, 9.17) is 4.74 Å². The molecule has 0 radical (unpaired) electrons. The molecular formula is C12H22O2. The van der Waals surface area contributed by atoms with Gasteiger partial charge in [0, 0.05) is 26.6 Å². The summed E-state index contributed by atoms with van der Waals surface area (Å²) in [5, 5.41) is 0. The van der Waals surface area contributed by atoms with E-state index in [2.05, 4.69) is 0 Å². The van der Waals surface area contributed by atoms with Crippen molar-refractivity contribution in [2.24, 2.45) is 5.92 Å². The molecule has 0 amide bonds. The van der Waals surface area contributed by atoms with E-state index in [-0.39, 0.29) is 0 Å². The maximum atomic E-state index is 11.4. The van der Waals surface area contributed by atoms with E-state index in [9.17, 15) is 4.79 Å². The van der Waals surface area contributed by atoms with E-state index in [1.807, 2.05) is 0 Å². The van der Waals surface area contributed by atoms with Crippen molar-refractivity contribution in [1.82, 2.24) is 0 Å². The summed E-state index contributed by atoms with van der Waals surface area (Å²) in [6.07, 6.45) is 8.99. The van der Waals surface area contributed by atoms with Crippen LogP contribution in [0.1, 0.15) is 51.4 Å². The zero-order chi connectivity index (χ0) is 10.2. The predicted molar refractivity (Wildman–Crippen MR) is 57.3 cm³/mol. The molecule has 0 heterocycles. The fourth-order valence-electron chi connectivity index (χ4n) is 2.20. The second-order valence-corrected chi connectivity index (χ2v) is 4.32. The van der Waals surface area contributed by atoms with Gasteiger partial charge < -0.3 is 4.74 Å². The van der Waals surface area contributed by atoms with Gasteiger partial charge in [0.25, 0.3) is 0 Å². The average Bonchev–Trinajstić information content (AvgIpc) is 2.68. The monoisotopic (exact) mass is 198 g/mol. The zero-order valence-corrected chi connectivity index (χ0v) is 9.26. The molecule has 82 valence electrons. The third-order valence-electron chi connectivity index (χ3n) is 3.11. The molecule has 0 spiro atoms. The fraction of sp³-hybridized carbons (Fsp3) is 0.917. The molecule has 0 atom stereocenters. The lowest BCUT2D eigenvalue weighted by molar-refractivity contribution is -0.119. The lowest BCUT2D eigenvalue weighted by Gasteiger charge is -2.07. The summed E-state index contributed by atoms with van der Waals surface area (Å²) in [6, 6.07) is 0. The number of carbonyl (C=O) groups excluding carboxylic acids is 1. The van der Waals surface area contributed by atoms with Crippen molar-refractivity contribution in [3.8, 4) is 0 Å². The maximum absolute atomic E-state index is 11.4. The van der Waals surface area contributed by atoms with E-state index in [0.29, 0.717) is 12.2 Å². The molecule has 0 N–H and O–H groups in total. The van der Waals surface area contributed by atoms with Gasteiger partial charge >= 0.3 is 0 Å². The molecular weight excluding hydrogens is 176 g/mol. The first-order chi connectivity index (χ1) is 6.83. The highest BCUT2D eigenvalue weighted by molar-refractivity contribution is 5.78. The van der Waals surface area contributed by atoms with Gasteiger partial charge in [0.2, 0.25) is 0 Å². The van der Waals surface area contributed by atoms with Crippen molar-refractivity contribution in [3.05, 3.63) is 0 Å². The third-order valence-corrected chi connectivity index (χ3v) is 3.11. The van der Waals surface area contributed by atoms with Crippen LogP contribution in [0.25, 0.3) is 0 Å². The number of carbonyl (C=O) groups is 1. The van der Waals surface area contributed by atoms with Gasteiger partial charge in [-0.2, -0.15) is 0 Å². The van der Waals surface area contributed by atoms with Crippen molar-refractivity contribution in [3.63, 3.8) is 0 Å². The lowest BCUT2D eigenvalue weighted by Crippen LogP contribution is -2.03. The predicted octanol–water partition coefficient (Wildman–Crippen LogP) is 2.95. The Balaban J connectivity index is 1.96. The first-order valence-corrected chi connectivity index (χ1v) is 5.83. The largest absolute Gasteiger partial charge is 0.385 e. The van der Waals surface area contributed by atoms with Crippen LogP contribution in [-0.4, -0.2) is 19.5 Å². The number of rotatable bonds is 7. The zero-order valence-electron chi connectivity index (χ0n) is 9.26. The number of Topliss-reactive ketones (excluding diaryl/α,β-unsaturated/α-hetero) is 1. The van der Waals surface area contributed by atoms with Crippen LogP contribution in [-0.2, 0) is 9.53 Å². The van der Waals surface area contributed by atoms with Gasteiger partial charge in [0.1, 0.15) is 5.78 Å². The quantitative estimate of drug-likeness (QED) is 0.588. The molecule has 14 heavy (non-hydrogen) atoms. The summed E-state index contributed by atoms with van der Waals surface area (Å²) < 4.78 is 4.92. The number of hydrogen-bond acceptors (Lipinski definition) is 2. The van der Waals surface area contributed by atoms with Gasteiger partial charge in [0.05, 0.1) is 0 Å². The van der Waals surface area contributed by atoms with E-state index in [1.165, 1.54) is 25.7 Å². The molecule has 2 heteroatoms. The standard InChI is InChI=1S/C12H22O2/c1-14-10-4-7-12(13)9-8-11-5-2-3-6-11/h11H,2-10H2,1H3.